The van der Waals surface area contributed by atoms with E-state index in [1.165, 1.54) is 12.8 Å². The van der Waals surface area contributed by atoms with E-state index in [2.05, 4.69) is 15.2 Å². The van der Waals surface area contributed by atoms with Crippen molar-refractivity contribution in [3.05, 3.63) is 65.5 Å². The molecule has 158 valence electrons. The quantitative estimate of drug-likeness (QED) is 0.509. The molecule has 2 aromatic carbocycles. The topological polar surface area (TPSA) is 71.3 Å². The minimum atomic E-state index is -0.272. The van der Waals surface area contributed by atoms with E-state index in [4.69, 9.17) is 9.40 Å². The average molecular weight is 415 g/mol. The number of rotatable bonds is 4. The SMILES string of the molecule is Cc1ccccc1CNC(=O)c1nc(N2CCCCCC2)c2oc3ccccc3c2n1. The van der Waals surface area contributed by atoms with Crippen LogP contribution in [0.15, 0.2) is 52.9 Å². The number of carbonyl (C=O) groups is 1. The van der Waals surface area contributed by atoms with Gasteiger partial charge in [0.2, 0.25) is 5.82 Å². The highest BCUT2D eigenvalue weighted by Gasteiger charge is 2.23. The summed E-state index contributed by atoms with van der Waals surface area (Å²) in [7, 11) is 0. The van der Waals surface area contributed by atoms with Gasteiger partial charge in [0, 0.05) is 25.0 Å². The molecule has 31 heavy (non-hydrogen) atoms. The van der Waals surface area contributed by atoms with Crippen LogP contribution in [-0.4, -0.2) is 29.0 Å². The van der Waals surface area contributed by atoms with E-state index in [0.717, 1.165) is 53.8 Å². The fourth-order valence-electron chi connectivity index (χ4n) is 4.24. The Morgan fingerprint density at radius 2 is 1.74 bits per heavy atom. The molecule has 4 aromatic rings. The summed E-state index contributed by atoms with van der Waals surface area (Å²) in [6.07, 6.45) is 4.66. The predicted octanol–water partition coefficient (Wildman–Crippen LogP) is 4.99. The minimum Gasteiger partial charge on any atom is -0.450 e. The number of amides is 1. The van der Waals surface area contributed by atoms with Crippen molar-refractivity contribution in [2.75, 3.05) is 18.0 Å². The van der Waals surface area contributed by atoms with Crippen LogP contribution in [0.3, 0.4) is 0 Å². The molecular formula is C25H26N4O2. The molecule has 6 heteroatoms. The highest BCUT2D eigenvalue weighted by molar-refractivity contribution is 6.07. The Bertz CT molecular complexity index is 1240. The van der Waals surface area contributed by atoms with Gasteiger partial charge in [0.25, 0.3) is 5.91 Å². The van der Waals surface area contributed by atoms with Crippen molar-refractivity contribution in [3.8, 4) is 0 Å². The van der Waals surface area contributed by atoms with Gasteiger partial charge in [-0.25, -0.2) is 9.97 Å². The molecule has 0 spiro atoms. The van der Waals surface area contributed by atoms with E-state index >= 15 is 0 Å². The van der Waals surface area contributed by atoms with E-state index in [1.807, 2.05) is 55.5 Å². The van der Waals surface area contributed by atoms with Gasteiger partial charge in [-0.2, -0.15) is 0 Å². The number of nitrogens with zero attached hydrogens (tertiary/aromatic N) is 3. The molecule has 1 fully saturated rings. The van der Waals surface area contributed by atoms with E-state index in [9.17, 15) is 4.79 Å². The Hall–Kier alpha value is -3.41. The molecule has 0 unspecified atom stereocenters. The summed E-state index contributed by atoms with van der Waals surface area (Å²) in [5.74, 6) is 0.641. The van der Waals surface area contributed by atoms with Crippen LogP contribution in [0, 0.1) is 6.92 Å². The zero-order chi connectivity index (χ0) is 21.2. The number of carbonyl (C=O) groups excluding carboxylic acids is 1. The van der Waals surface area contributed by atoms with Crippen molar-refractivity contribution in [3.63, 3.8) is 0 Å². The highest BCUT2D eigenvalue weighted by atomic mass is 16.3. The van der Waals surface area contributed by atoms with Gasteiger partial charge in [-0.05, 0) is 43.0 Å². The van der Waals surface area contributed by atoms with Crippen molar-refractivity contribution in [1.29, 1.82) is 0 Å². The number of benzene rings is 2. The average Bonchev–Trinajstić information content (AvgIpc) is 2.96. The molecule has 1 N–H and O–H groups in total. The molecule has 0 bridgehead atoms. The van der Waals surface area contributed by atoms with Crippen molar-refractivity contribution in [2.24, 2.45) is 0 Å². The molecule has 6 nitrogen and oxygen atoms in total. The lowest BCUT2D eigenvalue weighted by Crippen LogP contribution is -2.29. The van der Waals surface area contributed by atoms with Crippen LogP contribution in [0.25, 0.3) is 22.1 Å². The summed E-state index contributed by atoms with van der Waals surface area (Å²) in [6.45, 7) is 4.30. The van der Waals surface area contributed by atoms with Crippen molar-refractivity contribution in [1.82, 2.24) is 15.3 Å². The van der Waals surface area contributed by atoms with E-state index in [1.54, 1.807) is 0 Å². The second-order valence-electron chi connectivity index (χ2n) is 8.16. The number of aryl methyl sites for hydroxylation is 1. The Morgan fingerprint density at radius 3 is 2.55 bits per heavy atom. The largest absolute Gasteiger partial charge is 0.450 e. The van der Waals surface area contributed by atoms with Crippen molar-refractivity contribution < 1.29 is 9.21 Å². The first-order valence-electron chi connectivity index (χ1n) is 11.0. The van der Waals surface area contributed by atoms with Gasteiger partial charge in [-0.15, -0.1) is 0 Å². The molecule has 1 aliphatic heterocycles. The lowest BCUT2D eigenvalue weighted by atomic mass is 10.1. The third-order valence-corrected chi connectivity index (χ3v) is 6.01. The highest BCUT2D eigenvalue weighted by Crippen LogP contribution is 2.33. The predicted molar refractivity (Wildman–Crippen MR) is 122 cm³/mol. The monoisotopic (exact) mass is 414 g/mol. The van der Waals surface area contributed by atoms with Gasteiger partial charge in [0.1, 0.15) is 11.1 Å². The molecule has 0 saturated carbocycles. The first-order valence-corrected chi connectivity index (χ1v) is 11.0. The lowest BCUT2D eigenvalue weighted by molar-refractivity contribution is 0.0941. The number of hydrogen-bond donors (Lipinski definition) is 1. The fraction of sp³-hybridized carbons (Fsp3) is 0.320. The van der Waals surface area contributed by atoms with Gasteiger partial charge in [-0.1, -0.05) is 49.2 Å². The van der Waals surface area contributed by atoms with Crippen LogP contribution < -0.4 is 10.2 Å². The summed E-state index contributed by atoms with van der Waals surface area (Å²) < 4.78 is 6.16. The maximum Gasteiger partial charge on any atom is 0.289 e. The maximum atomic E-state index is 13.0. The van der Waals surface area contributed by atoms with Crippen LogP contribution in [-0.2, 0) is 6.54 Å². The first kappa shape index (κ1) is 19.5. The molecule has 0 atom stereocenters. The van der Waals surface area contributed by atoms with E-state index in [-0.39, 0.29) is 11.7 Å². The summed E-state index contributed by atoms with van der Waals surface area (Å²) in [5.41, 5.74) is 4.36. The number of anilines is 1. The molecule has 1 saturated heterocycles. The van der Waals surface area contributed by atoms with Crippen LogP contribution in [0.2, 0.25) is 0 Å². The second-order valence-corrected chi connectivity index (χ2v) is 8.16. The van der Waals surface area contributed by atoms with E-state index < -0.39 is 0 Å². The standard InChI is InChI=1S/C25H26N4O2/c1-17-10-4-5-11-18(17)16-26-25(30)23-27-21-19-12-6-7-13-20(19)31-22(21)24(28-23)29-14-8-2-3-9-15-29/h4-7,10-13H,2-3,8-9,14-16H2,1H3,(H,26,30). The van der Waals surface area contributed by atoms with Gasteiger partial charge in [-0.3, -0.25) is 4.79 Å². The van der Waals surface area contributed by atoms with Gasteiger partial charge < -0.3 is 14.6 Å². The third-order valence-electron chi connectivity index (χ3n) is 6.01. The Kier molecular flexibility index (Phi) is 5.28. The zero-order valence-corrected chi connectivity index (χ0v) is 17.7. The molecule has 1 amide bonds. The number of hydrogen-bond acceptors (Lipinski definition) is 5. The minimum absolute atomic E-state index is 0.187. The number of fused-ring (bicyclic) bond motifs is 3. The Balaban J connectivity index is 1.55. The number of furan rings is 1. The Morgan fingerprint density at radius 1 is 1.00 bits per heavy atom. The summed E-state index contributed by atoms with van der Waals surface area (Å²) in [6, 6.07) is 15.9. The first-order chi connectivity index (χ1) is 15.2. The van der Waals surface area contributed by atoms with Gasteiger partial charge >= 0.3 is 0 Å². The van der Waals surface area contributed by atoms with Crippen molar-refractivity contribution >= 4 is 33.8 Å². The van der Waals surface area contributed by atoms with Crippen LogP contribution >= 0.6 is 0 Å². The van der Waals surface area contributed by atoms with Crippen LogP contribution in [0.4, 0.5) is 5.82 Å². The normalized spacial score (nSPS) is 14.7. The summed E-state index contributed by atoms with van der Waals surface area (Å²) in [4.78, 5) is 24.6. The number of para-hydroxylation sites is 1. The molecule has 0 radical (unpaired) electrons. The van der Waals surface area contributed by atoms with E-state index in [0.29, 0.717) is 17.6 Å². The molecule has 0 aliphatic carbocycles. The third kappa shape index (κ3) is 3.85. The molecule has 3 heterocycles. The van der Waals surface area contributed by atoms with Gasteiger partial charge in [0.05, 0.1) is 0 Å². The smallest absolute Gasteiger partial charge is 0.289 e. The Labute approximate surface area is 181 Å². The molecular weight excluding hydrogens is 388 g/mol. The van der Waals surface area contributed by atoms with Crippen LogP contribution in [0.1, 0.15) is 47.4 Å². The lowest BCUT2D eigenvalue weighted by Gasteiger charge is -2.21. The summed E-state index contributed by atoms with van der Waals surface area (Å²) in [5, 5.41) is 3.90. The fourth-order valence-corrected chi connectivity index (χ4v) is 4.24. The molecule has 1 aliphatic rings. The maximum absolute atomic E-state index is 13.0. The second kappa shape index (κ2) is 8.38. The summed E-state index contributed by atoms with van der Waals surface area (Å²) >= 11 is 0. The molecule has 2 aromatic heterocycles. The van der Waals surface area contributed by atoms with Crippen molar-refractivity contribution in [2.45, 2.75) is 39.2 Å². The van der Waals surface area contributed by atoms with Crippen LogP contribution in [0.5, 0.6) is 0 Å². The van der Waals surface area contributed by atoms with Gasteiger partial charge in [0.15, 0.2) is 11.4 Å². The zero-order valence-electron chi connectivity index (χ0n) is 17.7. The molecule has 5 rings (SSSR count). The number of nitrogens with one attached hydrogen (secondary N) is 1. The number of aromatic nitrogens is 2.